The Hall–Kier alpha value is -0.560. The van der Waals surface area contributed by atoms with E-state index >= 15 is 0 Å². The molecule has 0 amide bonds. The SMILES string of the molecule is N#CCc1cc2c(Br)ccc(Cl)c2s1. The molecule has 0 bridgehead atoms. The molecule has 0 aliphatic heterocycles. The van der Waals surface area contributed by atoms with E-state index in [1.165, 1.54) is 0 Å². The molecule has 0 saturated carbocycles. The Balaban J connectivity index is 2.70. The molecule has 0 unspecified atom stereocenters. The third kappa shape index (κ3) is 1.66. The maximum Gasteiger partial charge on any atom is 0.0696 e. The maximum absolute atomic E-state index is 8.60. The molecule has 2 rings (SSSR count). The van der Waals surface area contributed by atoms with Crippen molar-refractivity contribution in [3.63, 3.8) is 0 Å². The van der Waals surface area contributed by atoms with Crippen molar-refractivity contribution in [1.29, 1.82) is 5.26 Å². The normalized spacial score (nSPS) is 10.4. The highest BCUT2D eigenvalue weighted by molar-refractivity contribution is 9.10. The average Bonchev–Trinajstić information content (AvgIpc) is 2.57. The first-order valence-electron chi connectivity index (χ1n) is 3.95. The highest BCUT2D eigenvalue weighted by Crippen LogP contribution is 2.36. The van der Waals surface area contributed by atoms with Crippen LogP contribution in [0.15, 0.2) is 22.7 Å². The molecule has 70 valence electrons. The topological polar surface area (TPSA) is 23.8 Å². The lowest BCUT2D eigenvalue weighted by molar-refractivity contribution is 1.32. The number of rotatable bonds is 1. The summed E-state index contributed by atoms with van der Waals surface area (Å²) in [5.41, 5.74) is 0. The number of halogens is 2. The molecule has 0 radical (unpaired) electrons. The van der Waals surface area contributed by atoms with Gasteiger partial charge in [0.2, 0.25) is 0 Å². The van der Waals surface area contributed by atoms with Crippen molar-refractivity contribution >= 4 is 49.0 Å². The van der Waals surface area contributed by atoms with Gasteiger partial charge in [-0.05, 0) is 18.2 Å². The van der Waals surface area contributed by atoms with Crippen LogP contribution < -0.4 is 0 Å². The highest BCUT2D eigenvalue weighted by atomic mass is 79.9. The third-order valence-corrected chi connectivity index (χ3v) is 4.17. The Morgan fingerprint density at radius 2 is 2.29 bits per heavy atom. The van der Waals surface area contributed by atoms with Gasteiger partial charge in [-0.2, -0.15) is 5.26 Å². The van der Waals surface area contributed by atoms with Crippen LogP contribution in [0.2, 0.25) is 5.02 Å². The van der Waals surface area contributed by atoms with Gasteiger partial charge in [-0.25, -0.2) is 0 Å². The number of nitriles is 1. The zero-order valence-corrected chi connectivity index (χ0v) is 10.2. The molecule has 0 N–H and O–H groups in total. The fourth-order valence-corrected chi connectivity index (χ4v) is 3.15. The van der Waals surface area contributed by atoms with Gasteiger partial charge in [0.1, 0.15) is 0 Å². The lowest BCUT2D eigenvalue weighted by Gasteiger charge is -1.94. The standard InChI is InChI=1S/C10H5BrClNS/c11-8-1-2-9(12)10-7(8)5-6(14-10)3-4-13/h1-2,5H,3H2. The number of hydrogen-bond donors (Lipinski definition) is 0. The highest BCUT2D eigenvalue weighted by Gasteiger charge is 2.07. The first-order chi connectivity index (χ1) is 6.72. The van der Waals surface area contributed by atoms with Gasteiger partial charge < -0.3 is 0 Å². The van der Waals surface area contributed by atoms with E-state index in [9.17, 15) is 0 Å². The van der Waals surface area contributed by atoms with E-state index in [1.54, 1.807) is 11.3 Å². The molecule has 2 aromatic rings. The molecule has 14 heavy (non-hydrogen) atoms. The summed E-state index contributed by atoms with van der Waals surface area (Å²) in [6, 6.07) is 7.93. The minimum Gasteiger partial charge on any atom is -0.198 e. The summed E-state index contributed by atoms with van der Waals surface area (Å²) in [6.45, 7) is 0. The Morgan fingerprint density at radius 3 is 2.93 bits per heavy atom. The monoisotopic (exact) mass is 285 g/mol. The van der Waals surface area contributed by atoms with Crippen LogP contribution in [0.1, 0.15) is 4.88 Å². The summed E-state index contributed by atoms with van der Waals surface area (Å²) in [4.78, 5) is 1.05. The van der Waals surface area contributed by atoms with Gasteiger partial charge in [0, 0.05) is 14.7 Å². The van der Waals surface area contributed by atoms with Crippen LogP contribution in [-0.4, -0.2) is 0 Å². The van der Waals surface area contributed by atoms with Gasteiger partial charge in [-0.3, -0.25) is 0 Å². The molecular weight excluding hydrogens is 282 g/mol. The quantitative estimate of drug-likeness (QED) is 0.763. The first kappa shape index (κ1) is 9.97. The molecule has 0 fully saturated rings. The summed E-state index contributed by atoms with van der Waals surface area (Å²) in [7, 11) is 0. The van der Waals surface area contributed by atoms with Gasteiger partial charge in [-0.15, -0.1) is 11.3 Å². The zero-order valence-electron chi connectivity index (χ0n) is 7.05. The molecule has 1 aromatic heterocycles. The van der Waals surface area contributed by atoms with Crippen molar-refractivity contribution in [3.05, 3.63) is 32.6 Å². The van der Waals surface area contributed by atoms with Crippen LogP contribution in [0.5, 0.6) is 0 Å². The smallest absolute Gasteiger partial charge is 0.0696 e. The Kier molecular flexibility index (Phi) is 2.78. The average molecular weight is 287 g/mol. The number of thiophene rings is 1. The van der Waals surface area contributed by atoms with Crippen molar-refractivity contribution in [3.8, 4) is 6.07 Å². The Labute approximate surface area is 99.0 Å². The van der Waals surface area contributed by atoms with Crippen LogP contribution in [0.4, 0.5) is 0 Å². The van der Waals surface area contributed by atoms with E-state index in [4.69, 9.17) is 16.9 Å². The van der Waals surface area contributed by atoms with E-state index in [0.717, 1.165) is 24.5 Å². The van der Waals surface area contributed by atoms with E-state index in [1.807, 2.05) is 18.2 Å². The molecule has 0 atom stereocenters. The van der Waals surface area contributed by atoms with E-state index in [-0.39, 0.29) is 0 Å². The third-order valence-electron chi connectivity index (χ3n) is 1.89. The number of fused-ring (bicyclic) bond motifs is 1. The second kappa shape index (κ2) is 3.90. The van der Waals surface area contributed by atoms with E-state index in [0.29, 0.717) is 6.42 Å². The Morgan fingerprint density at radius 1 is 1.50 bits per heavy atom. The number of benzene rings is 1. The molecule has 1 nitrogen and oxygen atoms in total. The largest absolute Gasteiger partial charge is 0.198 e. The molecule has 0 aliphatic rings. The van der Waals surface area contributed by atoms with Gasteiger partial charge in [0.05, 0.1) is 22.2 Å². The first-order valence-corrected chi connectivity index (χ1v) is 5.94. The molecule has 0 saturated heterocycles. The van der Waals surface area contributed by atoms with Gasteiger partial charge in [-0.1, -0.05) is 27.5 Å². The van der Waals surface area contributed by atoms with Gasteiger partial charge >= 0.3 is 0 Å². The minimum absolute atomic E-state index is 0.447. The minimum atomic E-state index is 0.447. The van der Waals surface area contributed by atoms with Crippen LogP contribution >= 0.6 is 38.9 Å². The van der Waals surface area contributed by atoms with Crippen LogP contribution in [-0.2, 0) is 6.42 Å². The summed E-state index contributed by atoms with van der Waals surface area (Å²) in [5.74, 6) is 0. The Bertz CT molecular complexity index is 488. The second-order valence-corrected chi connectivity index (χ2v) is 5.22. The zero-order chi connectivity index (χ0) is 10.1. The molecule has 4 heteroatoms. The van der Waals surface area contributed by atoms with Crippen molar-refractivity contribution in [2.24, 2.45) is 0 Å². The van der Waals surface area contributed by atoms with Crippen molar-refractivity contribution in [2.75, 3.05) is 0 Å². The summed E-state index contributed by atoms with van der Waals surface area (Å²) in [6.07, 6.45) is 0.447. The number of hydrogen-bond acceptors (Lipinski definition) is 2. The van der Waals surface area contributed by atoms with Gasteiger partial charge in [0.25, 0.3) is 0 Å². The molecular formula is C10H5BrClNS. The second-order valence-electron chi connectivity index (χ2n) is 2.82. The fraction of sp³-hybridized carbons (Fsp3) is 0.100. The fourth-order valence-electron chi connectivity index (χ4n) is 1.27. The maximum atomic E-state index is 8.60. The molecule has 1 heterocycles. The lowest BCUT2D eigenvalue weighted by atomic mass is 10.2. The molecule has 1 aromatic carbocycles. The van der Waals surface area contributed by atoms with Crippen LogP contribution in [0, 0.1) is 11.3 Å². The summed E-state index contributed by atoms with van der Waals surface area (Å²) >= 11 is 11.1. The predicted molar refractivity (Wildman–Crippen MR) is 63.9 cm³/mol. The van der Waals surface area contributed by atoms with Crippen LogP contribution in [0.3, 0.4) is 0 Å². The lowest BCUT2D eigenvalue weighted by Crippen LogP contribution is -1.69. The van der Waals surface area contributed by atoms with Crippen molar-refractivity contribution in [1.82, 2.24) is 0 Å². The van der Waals surface area contributed by atoms with Crippen LogP contribution in [0.25, 0.3) is 10.1 Å². The summed E-state index contributed by atoms with van der Waals surface area (Å²) in [5, 5.41) is 10.4. The number of nitrogens with zero attached hydrogens (tertiary/aromatic N) is 1. The van der Waals surface area contributed by atoms with E-state index in [2.05, 4.69) is 22.0 Å². The summed E-state index contributed by atoms with van der Waals surface area (Å²) < 4.78 is 2.07. The predicted octanol–water partition coefficient (Wildman–Crippen LogP) is 4.38. The molecule has 0 spiro atoms. The van der Waals surface area contributed by atoms with Crippen molar-refractivity contribution < 1.29 is 0 Å². The van der Waals surface area contributed by atoms with Crippen molar-refractivity contribution in [2.45, 2.75) is 6.42 Å². The van der Waals surface area contributed by atoms with E-state index < -0.39 is 0 Å². The van der Waals surface area contributed by atoms with Gasteiger partial charge in [0.15, 0.2) is 0 Å². The molecule has 0 aliphatic carbocycles.